The van der Waals surface area contributed by atoms with Crippen LogP contribution in [0, 0.1) is 10.1 Å². The van der Waals surface area contributed by atoms with Crippen LogP contribution in [0.15, 0.2) is 36.4 Å². The highest BCUT2D eigenvalue weighted by atomic mass is 16.6. The molecule has 0 bridgehead atoms. The first-order valence-corrected chi connectivity index (χ1v) is 5.00. The Bertz CT molecular complexity index is 407. The van der Waals surface area contributed by atoms with E-state index < -0.39 is 4.92 Å². The van der Waals surface area contributed by atoms with Gasteiger partial charge in [-0.1, -0.05) is 18.2 Å². The summed E-state index contributed by atoms with van der Waals surface area (Å²) in [7, 11) is 0. The Morgan fingerprint density at radius 3 is 2.50 bits per heavy atom. The van der Waals surface area contributed by atoms with Crippen molar-refractivity contribution in [2.24, 2.45) is 0 Å². The van der Waals surface area contributed by atoms with E-state index in [1.165, 1.54) is 25.1 Å². The Morgan fingerprint density at radius 2 is 2.00 bits per heavy atom. The van der Waals surface area contributed by atoms with E-state index in [-0.39, 0.29) is 11.5 Å². The standard InChI is InChI=1S/C12H13NO3/c1-10(14)4-2-3-5-11-6-8-12(9-7-11)13(15)16/h2,4,6-9H,3,5H2,1H3/b4-2+. The Hall–Kier alpha value is -1.97. The molecule has 0 saturated carbocycles. The monoisotopic (exact) mass is 219 g/mol. The third kappa shape index (κ3) is 4.04. The van der Waals surface area contributed by atoms with Crippen LogP contribution >= 0.6 is 0 Å². The second kappa shape index (κ2) is 5.80. The molecule has 0 atom stereocenters. The summed E-state index contributed by atoms with van der Waals surface area (Å²) in [5.41, 5.74) is 1.13. The molecule has 0 aliphatic heterocycles. The average Bonchev–Trinajstić information content (AvgIpc) is 2.25. The van der Waals surface area contributed by atoms with E-state index in [2.05, 4.69) is 0 Å². The molecule has 1 rings (SSSR count). The molecule has 1 aromatic rings. The number of nitrogens with zero attached hydrogens (tertiary/aromatic N) is 1. The number of non-ortho nitro benzene ring substituents is 1. The van der Waals surface area contributed by atoms with Crippen molar-refractivity contribution in [2.45, 2.75) is 19.8 Å². The summed E-state index contributed by atoms with van der Waals surface area (Å²) in [6.45, 7) is 1.50. The van der Waals surface area contributed by atoms with Gasteiger partial charge in [0, 0.05) is 12.1 Å². The highest BCUT2D eigenvalue weighted by Gasteiger charge is 2.02. The molecule has 0 aliphatic carbocycles. The van der Waals surface area contributed by atoms with Gasteiger partial charge in [0.15, 0.2) is 5.78 Å². The number of benzene rings is 1. The van der Waals surface area contributed by atoms with Crippen molar-refractivity contribution in [3.05, 3.63) is 52.1 Å². The normalized spacial score (nSPS) is 10.6. The number of ketones is 1. The zero-order valence-corrected chi connectivity index (χ0v) is 9.05. The molecule has 1 aromatic carbocycles. The molecule has 0 aromatic heterocycles. The fourth-order valence-corrected chi connectivity index (χ4v) is 1.28. The molecule has 0 unspecified atom stereocenters. The van der Waals surface area contributed by atoms with Gasteiger partial charge in [0.2, 0.25) is 0 Å². The van der Waals surface area contributed by atoms with Gasteiger partial charge >= 0.3 is 0 Å². The van der Waals surface area contributed by atoms with Crippen molar-refractivity contribution >= 4 is 11.5 Å². The minimum absolute atomic E-state index is 0.0312. The first-order valence-electron chi connectivity index (χ1n) is 5.00. The first kappa shape index (κ1) is 12.1. The summed E-state index contributed by atoms with van der Waals surface area (Å²) in [6, 6.07) is 6.45. The van der Waals surface area contributed by atoms with Crippen molar-refractivity contribution < 1.29 is 9.72 Å². The predicted molar refractivity (Wildman–Crippen MR) is 61.2 cm³/mol. The molecule has 0 N–H and O–H groups in total. The van der Waals surface area contributed by atoms with Crippen molar-refractivity contribution in [2.75, 3.05) is 0 Å². The van der Waals surface area contributed by atoms with Crippen LogP contribution in [0.2, 0.25) is 0 Å². The third-order valence-corrected chi connectivity index (χ3v) is 2.10. The molecular formula is C12H13NO3. The molecule has 0 spiro atoms. The first-order chi connectivity index (χ1) is 7.59. The van der Waals surface area contributed by atoms with E-state index >= 15 is 0 Å². The lowest BCUT2D eigenvalue weighted by molar-refractivity contribution is -0.384. The minimum Gasteiger partial charge on any atom is -0.295 e. The predicted octanol–water partition coefficient (Wildman–Crippen LogP) is 2.67. The number of allylic oxidation sites excluding steroid dienone is 2. The molecule has 0 fully saturated rings. The number of hydrogen-bond acceptors (Lipinski definition) is 3. The van der Waals surface area contributed by atoms with E-state index in [1.54, 1.807) is 12.1 Å². The largest absolute Gasteiger partial charge is 0.295 e. The van der Waals surface area contributed by atoms with Crippen molar-refractivity contribution in [3.63, 3.8) is 0 Å². The summed E-state index contributed by atoms with van der Waals surface area (Å²) >= 11 is 0. The maximum atomic E-state index is 10.6. The fraction of sp³-hybridized carbons (Fsp3) is 0.250. The zero-order chi connectivity index (χ0) is 12.0. The van der Waals surface area contributed by atoms with Crippen LogP contribution < -0.4 is 0 Å². The topological polar surface area (TPSA) is 60.2 Å². The lowest BCUT2D eigenvalue weighted by Gasteiger charge is -1.97. The quantitative estimate of drug-likeness (QED) is 0.434. The van der Waals surface area contributed by atoms with Crippen LogP contribution in [-0.2, 0) is 11.2 Å². The van der Waals surface area contributed by atoms with Crippen LogP contribution in [0.1, 0.15) is 18.9 Å². The van der Waals surface area contributed by atoms with E-state index in [4.69, 9.17) is 0 Å². The molecule has 4 heteroatoms. The average molecular weight is 219 g/mol. The molecular weight excluding hydrogens is 206 g/mol. The minimum atomic E-state index is -0.417. The fourth-order valence-electron chi connectivity index (χ4n) is 1.28. The molecule has 4 nitrogen and oxygen atoms in total. The zero-order valence-electron chi connectivity index (χ0n) is 9.05. The molecule has 84 valence electrons. The summed E-state index contributed by atoms with van der Waals surface area (Å²) in [6.07, 6.45) is 4.88. The number of carbonyl (C=O) groups excluding carboxylic acids is 1. The molecule has 0 heterocycles. The number of nitro groups is 1. The van der Waals surface area contributed by atoms with Gasteiger partial charge < -0.3 is 0 Å². The Morgan fingerprint density at radius 1 is 1.38 bits per heavy atom. The second-order valence-electron chi connectivity index (χ2n) is 3.48. The molecule has 16 heavy (non-hydrogen) atoms. The van der Waals surface area contributed by atoms with Crippen molar-refractivity contribution in [1.29, 1.82) is 0 Å². The number of carbonyl (C=O) groups is 1. The van der Waals surface area contributed by atoms with E-state index in [0.717, 1.165) is 18.4 Å². The van der Waals surface area contributed by atoms with Crippen molar-refractivity contribution in [1.82, 2.24) is 0 Å². The van der Waals surface area contributed by atoms with Gasteiger partial charge in [-0.2, -0.15) is 0 Å². The Balaban J connectivity index is 2.49. The highest BCUT2D eigenvalue weighted by Crippen LogP contribution is 2.13. The maximum absolute atomic E-state index is 10.6. The maximum Gasteiger partial charge on any atom is 0.269 e. The molecule has 0 saturated heterocycles. The van der Waals surface area contributed by atoms with E-state index in [9.17, 15) is 14.9 Å². The SMILES string of the molecule is CC(=O)/C=C/CCc1ccc([N+](=O)[O-])cc1. The summed E-state index contributed by atoms with van der Waals surface area (Å²) in [4.78, 5) is 20.6. The van der Waals surface area contributed by atoms with Crippen LogP contribution in [0.3, 0.4) is 0 Å². The number of hydrogen-bond donors (Lipinski definition) is 0. The van der Waals surface area contributed by atoms with Gasteiger partial charge in [-0.3, -0.25) is 14.9 Å². The lowest BCUT2D eigenvalue weighted by atomic mass is 10.1. The van der Waals surface area contributed by atoms with Crippen LogP contribution in [-0.4, -0.2) is 10.7 Å². The van der Waals surface area contributed by atoms with Gasteiger partial charge in [0.1, 0.15) is 0 Å². The van der Waals surface area contributed by atoms with Crippen LogP contribution in [0.25, 0.3) is 0 Å². The summed E-state index contributed by atoms with van der Waals surface area (Å²) in [5.74, 6) is 0.0312. The lowest BCUT2D eigenvalue weighted by Crippen LogP contribution is -1.89. The molecule has 0 amide bonds. The third-order valence-electron chi connectivity index (χ3n) is 2.10. The van der Waals surface area contributed by atoms with Gasteiger partial charge in [-0.15, -0.1) is 0 Å². The summed E-state index contributed by atoms with van der Waals surface area (Å²) < 4.78 is 0. The van der Waals surface area contributed by atoms with Gasteiger partial charge in [-0.25, -0.2) is 0 Å². The van der Waals surface area contributed by atoms with Crippen LogP contribution in [0.4, 0.5) is 5.69 Å². The van der Waals surface area contributed by atoms with E-state index in [0.29, 0.717) is 0 Å². The van der Waals surface area contributed by atoms with Gasteiger partial charge in [0.25, 0.3) is 5.69 Å². The summed E-state index contributed by atoms with van der Waals surface area (Å²) in [5, 5.41) is 10.4. The molecule has 0 radical (unpaired) electrons. The second-order valence-corrected chi connectivity index (χ2v) is 3.48. The number of aryl methyl sites for hydroxylation is 1. The number of rotatable bonds is 5. The van der Waals surface area contributed by atoms with E-state index in [1.807, 2.05) is 6.08 Å². The highest BCUT2D eigenvalue weighted by molar-refractivity contribution is 5.87. The Kier molecular flexibility index (Phi) is 4.39. The molecule has 0 aliphatic rings. The number of nitro benzene ring substituents is 1. The van der Waals surface area contributed by atoms with Gasteiger partial charge in [-0.05, 0) is 31.4 Å². The smallest absolute Gasteiger partial charge is 0.269 e. The van der Waals surface area contributed by atoms with Crippen molar-refractivity contribution in [3.8, 4) is 0 Å². The Labute approximate surface area is 93.7 Å². The van der Waals surface area contributed by atoms with Crippen LogP contribution in [0.5, 0.6) is 0 Å². The van der Waals surface area contributed by atoms with Gasteiger partial charge in [0.05, 0.1) is 4.92 Å².